The standard InChI is InChI=1S/C27H30N2O2S/c1-2-28-27(31)25(20-22-12-6-3-7-13-22)29(21-23-14-8-4-9-15-23)26(30)18-19-32-24-16-10-5-11-17-24/h3-17,25H,2,18-21H2,1H3,(H,28,31)/t25-/m0/s1. The van der Waals surface area contributed by atoms with E-state index < -0.39 is 6.04 Å². The normalized spacial score (nSPS) is 11.5. The number of likely N-dealkylation sites (N-methyl/N-ethyl adjacent to an activating group) is 1. The minimum Gasteiger partial charge on any atom is -0.355 e. The predicted molar refractivity (Wildman–Crippen MR) is 131 cm³/mol. The number of hydrogen-bond donors (Lipinski definition) is 1. The van der Waals surface area contributed by atoms with E-state index in [-0.39, 0.29) is 11.8 Å². The van der Waals surface area contributed by atoms with Gasteiger partial charge in [0.2, 0.25) is 11.8 Å². The van der Waals surface area contributed by atoms with E-state index in [0.717, 1.165) is 16.0 Å². The van der Waals surface area contributed by atoms with Crippen LogP contribution in [0.15, 0.2) is 95.9 Å². The topological polar surface area (TPSA) is 49.4 Å². The van der Waals surface area contributed by atoms with E-state index in [2.05, 4.69) is 5.32 Å². The Morgan fingerprint density at radius 2 is 1.41 bits per heavy atom. The van der Waals surface area contributed by atoms with Crippen LogP contribution in [0.2, 0.25) is 0 Å². The lowest BCUT2D eigenvalue weighted by Crippen LogP contribution is -2.50. The van der Waals surface area contributed by atoms with Crippen molar-refractivity contribution in [1.82, 2.24) is 10.2 Å². The zero-order chi connectivity index (χ0) is 22.6. The van der Waals surface area contributed by atoms with Crippen molar-refractivity contribution in [3.05, 3.63) is 102 Å². The Labute approximate surface area is 195 Å². The van der Waals surface area contributed by atoms with E-state index in [4.69, 9.17) is 0 Å². The number of rotatable bonds is 11. The Hall–Kier alpha value is -3.05. The van der Waals surface area contributed by atoms with E-state index in [9.17, 15) is 9.59 Å². The molecule has 3 rings (SSSR count). The Morgan fingerprint density at radius 1 is 0.844 bits per heavy atom. The number of nitrogens with one attached hydrogen (secondary N) is 1. The van der Waals surface area contributed by atoms with Crippen LogP contribution in [0.5, 0.6) is 0 Å². The number of carbonyl (C=O) groups is 2. The molecule has 0 radical (unpaired) electrons. The Morgan fingerprint density at radius 3 is 2.00 bits per heavy atom. The molecule has 0 heterocycles. The fourth-order valence-corrected chi connectivity index (χ4v) is 4.40. The molecule has 0 aliphatic rings. The molecule has 5 heteroatoms. The van der Waals surface area contributed by atoms with Gasteiger partial charge >= 0.3 is 0 Å². The molecule has 3 aromatic rings. The van der Waals surface area contributed by atoms with Crippen molar-refractivity contribution in [1.29, 1.82) is 0 Å². The summed E-state index contributed by atoms with van der Waals surface area (Å²) >= 11 is 1.66. The van der Waals surface area contributed by atoms with Crippen molar-refractivity contribution in [2.45, 2.75) is 37.2 Å². The van der Waals surface area contributed by atoms with Gasteiger partial charge in [-0.1, -0.05) is 78.9 Å². The van der Waals surface area contributed by atoms with Gasteiger partial charge in [-0.25, -0.2) is 0 Å². The van der Waals surface area contributed by atoms with Gasteiger partial charge in [-0.05, 0) is 30.2 Å². The summed E-state index contributed by atoms with van der Waals surface area (Å²) < 4.78 is 0. The second-order valence-electron chi connectivity index (χ2n) is 7.52. The molecule has 0 spiro atoms. The molecular formula is C27H30N2O2S. The monoisotopic (exact) mass is 446 g/mol. The van der Waals surface area contributed by atoms with Crippen LogP contribution < -0.4 is 5.32 Å². The molecule has 0 aliphatic carbocycles. The van der Waals surface area contributed by atoms with Crippen molar-refractivity contribution in [3.63, 3.8) is 0 Å². The molecule has 0 unspecified atom stereocenters. The maximum Gasteiger partial charge on any atom is 0.243 e. The maximum atomic E-state index is 13.4. The van der Waals surface area contributed by atoms with E-state index in [1.807, 2.05) is 97.9 Å². The third-order valence-corrected chi connectivity index (χ3v) is 6.16. The molecule has 2 amide bonds. The molecule has 0 fully saturated rings. The number of carbonyl (C=O) groups excluding carboxylic acids is 2. The molecule has 0 saturated carbocycles. The Balaban J connectivity index is 1.80. The summed E-state index contributed by atoms with van der Waals surface area (Å²) in [6, 6.07) is 29.3. The Kier molecular flexibility index (Phi) is 9.38. The van der Waals surface area contributed by atoms with Crippen LogP contribution >= 0.6 is 11.8 Å². The molecule has 0 aliphatic heterocycles. The van der Waals surface area contributed by atoms with Gasteiger partial charge in [-0.2, -0.15) is 0 Å². The summed E-state index contributed by atoms with van der Waals surface area (Å²) in [5.74, 6) is 0.544. The first kappa shape index (κ1) is 23.6. The summed E-state index contributed by atoms with van der Waals surface area (Å²) in [6.45, 7) is 2.84. The summed E-state index contributed by atoms with van der Waals surface area (Å²) in [4.78, 5) is 29.4. The first-order chi connectivity index (χ1) is 15.7. The van der Waals surface area contributed by atoms with E-state index in [1.165, 1.54) is 0 Å². The van der Waals surface area contributed by atoms with Crippen LogP contribution in [0.4, 0.5) is 0 Å². The molecular weight excluding hydrogens is 416 g/mol. The zero-order valence-electron chi connectivity index (χ0n) is 18.4. The highest BCUT2D eigenvalue weighted by Gasteiger charge is 2.29. The van der Waals surface area contributed by atoms with E-state index >= 15 is 0 Å². The minimum absolute atomic E-state index is 0.00975. The number of hydrogen-bond acceptors (Lipinski definition) is 3. The van der Waals surface area contributed by atoms with Crippen LogP contribution in [-0.2, 0) is 22.6 Å². The lowest BCUT2D eigenvalue weighted by atomic mass is 10.0. The van der Waals surface area contributed by atoms with Gasteiger partial charge in [0.1, 0.15) is 6.04 Å². The second kappa shape index (κ2) is 12.7. The van der Waals surface area contributed by atoms with Crippen molar-refractivity contribution in [2.24, 2.45) is 0 Å². The second-order valence-corrected chi connectivity index (χ2v) is 8.69. The van der Waals surface area contributed by atoms with E-state index in [1.54, 1.807) is 16.7 Å². The molecule has 0 aromatic heterocycles. The van der Waals surface area contributed by atoms with Gasteiger partial charge in [-0.3, -0.25) is 9.59 Å². The number of benzene rings is 3. The van der Waals surface area contributed by atoms with Crippen LogP contribution in [0.1, 0.15) is 24.5 Å². The average Bonchev–Trinajstić information content (AvgIpc) is 2.83. The summed E-state index contributed by atoms with van der Waals surface area (Å²) in [7, 11) is 0. The zero-order valence-corrected chi connectivity index (χ0v) is 19.3. The van der Waals surface area contributed by atoms with Crippen molar-refractivity contribution in [3.8, 4) is 0 Å². The highest BCUT2D eigenvalue weighted by Crippen LogP contribution is 2.20. The maximum absolute atomic E-state index is 13.4. The van der Waals surface area contributed by atoms with Gasteiger partial charge in [0.15, 0.2) is 0 Å². The minimum atomic E-state index is -0.563. The summed E-state index contributed by atoms with van der Waals surface area (Å²) in [5, 5.41) is 2.93. The molecule has 166 valence electrons. The molecule has 3 aromatic carbocycles. The van der Waals surface area contributed by atoms with Gasteiger partial charge in [0.25, 0.3) is 0 Å². The number of thioether (sulfide) groups is 1. The Bertz CT molecular complexity index is 965. The fraction of sp³-hybridized carbons (Fsp3) is 0.259. The molecule has 0 bridgehead atoms. The van der Waals surface area contributed by atoms with Crippen LogP contribution in [-0.4, -0.2) is 35.1 Å². The lowest BCUT2D eigenvalue weighted by molar-refractivity contribution is -0.140. The van der Waals surface area contributed by atoms with Crippen LogP contribution in [0.3, 0.4) is 0 Å². The highest BCUT2D eigenvalue weighted by atomic mass is 32.2. The van der Waals surface area contributed by atoms with Crippen LogP contribution in [0, 0.1) is 0 Å². The number of nitrogens with zero attached hydrogens (tertiary/aromatic N) is 1. The van der Waals surface area contributed by atoms with Gasteiger partial charge < -0.3 is 10.2 Å². The third-order valence-electron chi connectivity index (χ3n) is 5.15. The fourth-order valence-electron chi connectivity index (χ4n) is 3.54. The largest absolute Gasteiger partial charge is 0.355 e. The van der Waals surface area contributed by atoms with Crippen molar-refractivity contribution < 1.29 is 9.59 Å². The molecule has 32 heavy (non-hydrogen) atoms. The summed E-state index contributed by atoms with van der Waals surface area (Å²) in [5.41, 5.74) is 2.05. The van der Waals surface area contributed by atoms with Gasteiger partial charge in [-0.15, -0.1) is 11.8 Å². The van der Waals surface area contributed by atoms with Gasteiger partial charge in [0.05, 0.1) is 0 Å². The summed E-state index contributed by atoms with van der Waals surface area (Å²) in [6.07, 6.45) is 0.855. The molecule has 4 nitrogen and oxygen atoms in total. The molecule has 1 atom stereocenters. The van der Waals surface area contributed by atoms with Crippen LogP contribution in [0.25, 0.3) is 0 Å². The third kappa shape index (κ3) is 7.27. The quantitative estimate of drug-likeness (QED) is 0.424. The molecule has 1 N–H and O–H groups in total. The SMILES string of the molecule is CCNC(=O)[C@H](Cc1ccccc1)N(Cc1ccccc1)C(=O)CCSc1ccccc1. The van der Waals surface area contributed by atoms with Crippen molar-refractivity contribution >= 4 is 23.6 Å². The lowest BCUT2D eigenvalue weighted by Gasteiger charge is -2.31. The average molecular weight is 447 g/mol. The van der Waals surface area contributed by atoms with E-state index in [0.29, 0.717) is 31.7 Å². The predicted octanol–water partition coefficient (Wildman–Crippen LogP) is 4.95. The number of amides is 2. The first-order valence-corrected chi connectivity index (χ1v) is 12.0. The first-order valence-electron chi connectivity index (χ1n) is 11.0. The van der Waals surface area contributed by atoms with Crippen molar-refractivity contribution in [2.75, 3.05) is 12.3 Å². The highest BCUT2D eigenvalue weighted by molar-refractivity contribution is 7.99. The van der Waals surface area contributed by atoms with Gasteiger partial charge in [0, 0.05) is 36.6 Å². The molecule has 0 saturated heterocycles. The smallest absolute Gasteiger partial charge is 0.243 e.